The van der Waals surface area contributed by atoms with Gasteiger partial charge in [-0.1, -0.05) is 152 Å². The van der Waals surface area contributed by atoms with Gasteiger partial charge < -0.3 is 0 Å². The van der Waals surface area contributed by atoms with E-state index < -0.39 is 0 Å². The zero-order valence-electron chi connectivity index (χ0n) is 25.4. The summed E-state index contributed by atoms with van der Waals surface area (Å²) in [6, 6.07) is 22.2. The van der Waals surface area contributed by atoms with Crippen molar-refractivity contribution in [2.45, 2.75) is 54.9 Å². The van der Waals surface area contributed by atoms with Crippen LogP contribution in [0, 0.1) is 13.8 Å². The Morgan fingerprint density at radius 3 is 2.05 bits per heavy atom. The molecule has 4 aromatic rings. The minimum Gasteiger partial charge on any atom is -0.0918 e. The van der Waals surface area contributed by atoms with E-state index in [0.717, 1.165) is 12.0 Å². The molecule has 204 valence electrons. The molecule has 1 aliphatic rings. The zero-order valence-corrected chi connectivity index (χ0v) is 25.4. The number of hydrogen-bond donors (Lipinski definition) is 0. The van der Waals surface area contributed by atoms with Crippen molar-refractivity contribution in [3.63, 3.8) is 0 Å². The molecule has 0 heterocycles. The predicted molar refractivity (Wildman–Crippen MR) is 182 cm³/mol. The normalized spacial score (nSPS) is 16.9. The molecule has 0 heteroatoms. The van der Waals surface area contributed by atoms with Crippen LogP contribution in [0.25, 0.3) is 39.8 Å². The van der Waals surface area contributed by atoms with Crippen LogP contribution < -0.4 is 10.4 Å². The van der Waals surface area contributed by atoms with Crippen molar-refractivity contribution in [3.05, 3.63) is 148 Å². The van der Waals surface area contributed by atoms with Crippen LogP contribution in [-0.2, 0) is 6.42 Å². The highest BCUT2D eigenvalue weighted by Gasteiger charge is 2.05. The third-order valence-electron chi connectivity index (χ3n) is 6.92. The van der Waals surface area contributed by atoms with Crippen LogP contribution >= 0.6 is 0 Å². The number of hydrogen-bond acceptors (Lipinski definition) is 0. The van der Waals surface area contributed by atoms with Gasteiger partial charge in [-0.05, 0) is 89.7 Å². The third kappa shape index (κ3) is 7.70. The number of aryl methyl sites for hydroxylation is 2. The molecule has 0 unspecified atom stereocenters. The van der Waals surface area contributed by atoms with Gasteiger partial charge in [0.1, 0.15) is 0 Å². The molecule has 0 atom stereocenters. The Balaban J connectivity index is 0.000000212. The van der Waals surface area contributed by atoms with Crippen molar-refractivity contribution in [2.75, 3.05) is 0 Å². The van der Waals surface area contributed by atoms with Crippen LogP contribution in [0.3, 0.4) is 0 Å². The highest BCUT2D eigenvalue weighted by atomic mass is 14.1. The summed E-state index contributed by atoms with van der Waals surface area (Å²) in [5, 5.41) is 7.85. The van der Waals surface area contributed by atoms with Gasteiger partial charge in [-0.15, -0.1) is 0 Å². The van der Waals surface area contributed by atoms with Crippen LogP contribution in [-0.4, -0.2) is 0 Å². The van der Waals surface area contributed by atoms with Crippen molar-refractivity contribution in [1.82, 2.24) is 0 Å². The second kappa shape index (κ2) is 14.8. The van der Waals surface area contributed by atoms with E-state index in [1.165, 1.54) is 59.8 Å². The maximum absolute atomic E-state index is 4.11. The minimum atomic E-state index is 0.959. The van der Waals surface area contributed by atoms with Crippen molar-refractivity contribution in [3.8, 4) is 0 Å². The zero-order chi connectivity index (χ0) is 29.1. The first-order valence-corrected chi connectivity index (χ1v) is 14.4. The Morgan fingerprint density at radius 1 is 0.725 bits per heavy atom. The summed E-state index contributed by atoms with van der Waals surface area (Å²) < 4.78 is 0. The summed E-state index contributed by atoms with van der Waals surface area (Å²) in [7, 11) is 0. The van der Waals surface area contributed by atoms with Gasteiger partial charge in [0.05, 0.1) is 0 Å². The van der Waals surface area contributed by atoms with Gasteiger partial charge in [0, 0.05) is 0 Å². The molecule has 0 spiro atoms. The maximum atomic E-state index is 4.11. The van der Waals surface area contributed by atoms with Crippen LogP contribution in [0.4, 0.5) is 0 Å². The Labute approximate surface area is 241 Å². The summed E-state index contributed by atoms with van der Waals surface area (Å²) in [6.07, 6.45) is 20.3. The van der Waals surface area contributed by atoms with Gasteiger partial charge in [-0.25, -0.2) is 0 Å². The van der Waals surface area contributed by atoms with Crippen LogP contribution in [0.15, 0.2) is 115 Å². The standard InChI is InChI=1S/C21H20.C17H18.C2H6/c1-15-5-4-6-18-9-10-19-14-17(3)8-12-21(19)20(18)11-7-16(2)13-15;1-4-6-7-16-14(5-2)9-10-15-12-13(3)8-11-17(15)16;1-2/h4-5,7-14H,2,6H2,1,3H3;4-12H,1-3H3;1-2H3/b5-4-,11-7-,15-13-;6-4+,14-5-,16-7+;. The number of benzene rings is 4. The molecule has 1 aliphatic carbocycles. The maximum Gasteiger partial charge on any atom is -0.00881 e. The molecule has 0 N–H and O–H groups in total. The lowest BCUT2D eigenvalue weighted by atomic mass is 9.94. The molecule has 4 aromatic carbocycles. The summed E-state index contributed by atoms with van der Waals surface area (Å²) in [6.45, 7) is 18.6. The SMILES string of the molecule is C/C=c1/ccc2cc(C)ccc2/c1=C/C=C/C.C=C1/C=C\c2c(ccc3cc(C)ccc23)C/C=C\C(C)=C/1.CC. The molecule has 0 bridgehead atoms. The molecule has 0 fully saturated rings. The summed E-state index contributed by atoms with van der Waals surface area (Å²) in [4.78, 5) is 0. The molecule has 0 saturated carbocycles. The van der Waals surface area contributed by atoms with Crippen LogP contribution in [0.1, 0.15) is 56.9 Å². The smallest absolute Gasteiger partial charge is 0.00881 e. The molecule has 0 amide bonds. The predicted octanol–water partition coefficient (Wildman–Crippen LogP) is 10.1. The first-order valence-electron chi connectivity index (χ1n) is 14.4. The monoisotopic (exact) mass is 524 g/mol. The lowest BCUT2D eigenvalue weighted by Crippen LogP contribution is -2.24. The average Bonchev–Trinajstić information content (AvgIpc) is 2.96. The fourth-order valence-electron chi connectivity index (χ4n) is 4.96. The number of allylic oxidation sites excluding steroid dienone is 8. The fraction of sp³-hybridized carbons (Fsp3) is 0.200. The van der Waals surface area contributed by atoms with Gasteiger partial charge in [-0.2, -0.15) is 0 Å². The van der Waals surface area contributed by atoms with Crippen LogP contribution in [0.2, 0.25) is 0 Å². The molecule has 40 heavy (non-hydrogen) atoms. The summed E-state index contributed by atoms with van der Waals surface area (Å²) in [5.41, 5.74) is 7.56. The molecule has 5 rings (SSSR count). The molecule has 0 aliphatic heterocycles. The summed E-state index contributed by atoms with van der Waals surface area (Å²) in [5.74, 6) is 0. The lowest BCUT2D eigenvalue weighted by Gasteiger charge is -2.10. The Bertz CT molecular complexity index is 1730. The lowest BCUT2D eigenvalue weighted by molar-refractivity contribution is 1.26. The molecule has 0 radical (unpaired) electrons. The van der Waals surface area contributed by atoms with E-state index in [2.05, 4.69) is 150 Å². The van der Waals surface area contributed by atoms with Gasteiger partial charge in [0.25, 0.3) is 0 Å². The molecule has 0 nitrogen and oxygen atoms in total. The Morgan fingerprint density at radius 2 is 1.38 bits per heavy atom. The topological polar surface area (TPSA) is 0 Å². The molecular weight excluding hydrogens is 480 g/mol. The largest absolute Gasteiger partial charge is 0.0918 e. The van der Waals surface area contributed by atoms with Gasteiger partial charge in [0.2, 0.25) is 0 Å². The quantitative estimate of drug-likeness (QED) is 0.232. The van der Waals surface area contributed by atoms with E-state index in [1.807, 2.05) is 20.8 Å². The Hall–Kier alpha value is -4.16. The molecule has 0 saturated heterocycles. The highest BCUT2D eigenvalue weighted by molar-refractivity contribution is 5.93. The van der Waals surface area contributed by atoms with E-state index in [9.17, 15) is 0 Å². The minimum absolute atomic E-state index is 0.959. The molecular formula is C40H44. The van der Waals surface area contributed by atoms with Crippen molar-refractivity contribution in [2.24, 2.45) is 0 Å². The van der Waals surface area contributed by atoms with E-state index in [4.69, 9.17) is 0 Å². The highest BCUT2D eigenvalue weighted by Crippen LogP contribution is 2.27. The van der Waals surface area contributed by atoms with E-state index >= 15 is 0 Å². The Kier molecular flexibility index (Phi) is 11.3. The van der Waals surface area contributed by atoms with Crippen LogP contribution in [0.5, 0.6) is 0 Å². The second-order valence-corrected chi connectivity index (χ2v) is 10.0. The van der Waals surface area contributed by atoms with Gasteiger partial charge >= 0.3 is 0 Å². The second-order valence-electron chi connectivity index (χ2n) is 10.0. The third-order valence-corrected chi connectivity index (χ3v) is 6.92. The van der Waals surface area contributed by atoms with Crippen molar-refractivity contribution < 1.29 is 0 Å². The average molecular weight is 525 g/mol. The van der Waals surface area contributed by atoms with E-state index in [-0.39, 0.29) is 0 Å². The van der Waals surface area contributed by atoms with Crippen molar-refractivity contribution in [1.29, 1.82) is 0 Å². The first kappa shape index (κ1) is 30.4. The van der Waals surface area contributed by atoms with E-state index in [0.29, 0.717) is 0 Å². The summed E-state index contributed by atoms with van der Waals surface area (Å²) >= 11 is 0. The van der Waals surface area contributed by atoms with Gasteiger partial charge in [0.15, 0.2) is 0 Å². The first-order chi connectivity index (χ1) is 19.4. The fourth-order valence-corrected chi connectivity index (χ4v) is 4.96. The van der Waals surface area contributed by atoms with E-state index in [1.54, 1.807) is 0 Å². The van der Waals surface area contributed by atoms with Crippen molar-refractivity contribution >= 4 is 39.8 Å². The number of fused-ring (bicyclic) bond motifs is 4. The van der Waals surface area contributed by atoms with Gasteiger partial charge in [-0.3, -0.25) is 0 Å². The molecule has 0 aromatic heterocycles. The number of rotatable bonds is 1.